The first-order valence-corrected chi connectivity index (χ1v) is 7.08. The van der Waals surface area contributed by atoms with Gasteiger partial charge in [0, 0.05) is 20.0 Å². The summed E-state index contributed by atoms with van der Waals surface area (Å²) in [5, 5.41) is 0. The second-order valence-corrected chi connectivity index (χ2v) is 5.43. The molecule has 0 N–H and O–H groups in total. The number of rotatable bonds is 5. The molecule has 1 saturated heterocycles. The third-order valence-corrected chi connectivity index (χ3v) is 4.13. The number of hydrogen-bond donors (Lipinski definition) is 0. The van der Waals surface area contributed by atoms with Crippen molar-refractivity contribution in [1.82, 2.24) is 0 Å². The summed E-state index contributed by atoms with van der Waals surface area (Å²) in [4.78, 5) is 0. The van der Waals surface area contributed by atoms with Gasteiger partial charge in [-0.15, -0.1) is 6.58 Å². The number of ether oxygens (including phenoxy) is 2. The van der Waals surface area contributed by atoms with E-state index in [4.69, 9.17) is 9.47 Å². The summed E-state index contributed by atoms with van der Waals surface area (Å²) in [5.74, 6) is 0.0822. The van der Waals surface area contributed by atoms with Crippen molar-refractivity contribution in [1.29, 1.82) is 0 Å². The molecule has 0 amide bonds. The highest BCUT2D eigenvalue weighted by atomic mass is 16.7. The Morgan fingerprint density at radius 3 is 2.79 bits per heavy atom. The zero-order valence-electron chi connectivity index (χ0n) is 12.0. The van der Waals surface area contributed by atoms with Crippen LogP contribution in [0.15, 0.2) is 43.0 Å². The molecule has 0 radical (unpaired) electrons. The first kappa shape index (κ1) is 14.3. The van der Waals surface area contributed by atoms with Gasteiger partial charge in [0.1, 0.15) is 0 Å². The predicted molar refractivity (Wildman–Crippen MR) is 78.0 cm³/mol. The van der Waals surface area contributed by atoms with Crippen LogP contribution in [0.2, 0.25) is 0 Å². The summed E-state index contributed by atoms with van der Waals surface area (Å²) in [7, 11) is 1.75. The first-order chi connectivity index (χ1) is 9.19. The number of benzene rings is 1. The number of methoxy groups -OCH3 is 1. The molecule has 1 heterocycles. The minimum atomic E-state index is -0.443. The van der Waals surface area contributed by atoms with Crippen molar-refractivity contribution in [2.45, 2.75) is 44.5 Å². The van der Waals surface area contributed by atoms with Crippen LogP contribution >= 0.6 is 0 Å². The molecule has 2 heteroatoms. The van der Waals surface area contributed by atoms with E-state index in [1.54, 1.807) is 7.11 Å². The summed E-state index contributed by atoms with van der Waals surface area (Å²) in [6, 6.07) is 10.5. The van der Waals surface area contributed by atoms with Crippen molar-refractivity contribution in [3.8, 4) is 0 Å². The molecule has 1 aromatic carbocycles. The van der Waals surface area contributed by atoms with Gasteiger partial charge >= 0.3 is 0 Å². The van der Waals surface area contributed by atoms with E-state index in [-0.39, 0.29) is 6.10 Å². The second kappa shape index (κ2) is 6.36. The first-order valence-electron chi connectivity index (χ1n) is 7.08. The van der Waals surface area contributed by atoms with Crippen molar-refractivity contribution in [2.24, 2.45) is 5.92 Å². The summed E-state index contributed by atoms with van der Waals surface area (Å²) in [6.07, 6.45) is 5.96. The fourth-order valence-corrected chi connectivity index (χ4v) is 2.73. The maximum Gasteiger partial charge on any atom is 0.169 e. The molecule has 1 fully saturated rings. The van der Waals surface area contributed by atoms with E-state index in [1.165, 1.54) is 5.56 Å². The maximum absolute atomic E-state index is 6.17. The quantitative estimate of drug-likeness (QED) is 0.746. The molecule has 0 saturated carbocycles. The van der Waals surface area contributed by atoms with Crippen LogP contribution in [-0.2, 0) is 15.9 Å². The summed E-state index contributed by atoms with van der Waals surface area (Å²) < 4.78 is 11.9. The molecule has 1 aliphatic rings. The Bertz CT molecular complexity index is 401. The van der Waals surface area contributed by atoms with E-state index in [2.05, 4.69) is 37.8 Å². The van der Waals surface area contributed by atoms with E-state index < -0.39 is 5.79 Å². The van der Waals surface area contributed by atoms with E-state index in [0.29, 0.717) is 5.92 Å². The third-order valence-electron chi connectivity index (χ3n) is 4.13. The van der Waals surface area contributed by atoms with Gasteiger partial charge in [0.2, 0.25) is 0 Å². The molecular formula is C17H24O2. The van der Waals surface area contributed by atoms with Crippen molar-refractivity contribution < 1.29 is 9.47 Å². The molecule has 0 unspecified atom stereocenters. The van der Waals surface area contributed by atoms with Gasteiger partial charge in [0.25, 0.3) is 0 Å². The van der Waals surface area contributed by atoms with Crippen molar-refractivity contribution in [2.75, 3.05) is 7.11 Å². The normalized spacial score (nSPS) is 31.1. The van der Waals surface area contributed by atoms with E-state index >= 15 is 0 Å². The summed E-state index contributed by atoms with van der Waals surface area (Å²) in [6.45, 7) is 6.08. The lowest BCUT2D eigenvalue weighted by molar-refractivity contribution is -0.272. The smallest absolute Gasteiger partial charge is 0.169 e. The Kier molecular flexibility index (Phi) is 4.78. The molecule has 0 aromatic heterocycles. The zero-order chi connectivity index (χ0) is 13.7. The second-order valence-electron chi connectivity index (χ2n) is 5.43. The topological polar surface area (TPSA) is 18.5 Å². The molecule has 2 nitrogen and oxygen atoms in total. The fourth-order valence-electron chi connectivity index (χ4n) is 2.73. The zero-order valence-corrected chi connectivity index (χ0v) is 12.0. The largest absolute Gasteiger partial charge is 0.353 e. The summed E-state index contributed by atoms with van der Waals surface area (Å²) >= 11 is 0. The molecule has 0 aliphatic carbocycles. The van der Waals surface area contributed by atoms with Gasteiger partial charge in [0.15, 0.2) is 5.79 Å². The van der Waals surface area contributed by atoms with Crippen LogP contribution in [0.4, 0.5) is 0 Å². The molecule has 104 valence electrons. The number of hydrogen-bond acceptors (Lipinski definition) is 2. The maximum atomic E-state index is 6.17. The molecule has 0 bridgehead atoms. The number of aryl methyl sites for hydroxylation is 1. The van der Waals surface area contributed by atoms with E-state index in [9.17, 15) is 0 Å². The highest BCUT2D eigenvalue weighted by Crippen LogP contribution is 2.36. The Labute approximate surface area is 116 Å². The Morgan fingerprint density at radius 2 is 2.16 bits per heavy atom. The van der Waals surface area contributed by atoms with Crippen molar-refractivity contribution >= 4 is 0 Å². The average molecular weight is 260 g/mol. The fraction of sp³-hybridized carbons (Fsp3) is 0.529. The van der Waals surface area contributed by atoms with Gasteiger partial charge in [-0.2, -0.15) is 0 Å². The van der Waals surface area contributed by atoms with Crippen LogP contribution in [0.25, 0.3) is 0 Å². The van der Waals surface area contributed by atoms with Crippen molar-refractivity contribution in [3.05, 3.63) is 48.6 Å². The average Bonchev–Trinajstić information content (AvgIpc) is 2.48. The monoisotopic (exact) mass is 260 g/mol. The highest BCUT2D eigenvalue weighted by molar-refractivity contribution is 5.15. The van der Waals surface area contributed by atoms with Crippen LogP contribution in [0.1, 0.15) is 31.7 Å². The molecule has 1 aromatic rings. The third kappa shape index (κ3) is 3.46. The van der Waals surface area contributed by atoms with E-state index in [0.717, 1.165) is 25.7 Å². The van der Waals surface area contributed by atoms with Crippen LogP contribution in [0, 0.1) is 5.92 Å². The van der Waals surface area contributed by atoms with Crippen molar-refractivity contribution in [3.63, 3.8) is 0 Å². The predicted octanol–water partition coefficient (Wildman–Crippen LogP) is 3.96. The Morgan fingerprint density at radius 1 is 1.42 bits per heavy atom. The van der Waals surface area contributed by atoms with E-state index in [1.807, 2.05) is 12.1 Å². The highest BCUT2D eigenvalue weighted by Gasteiger charge is 2.39. The molecule has 1 aliphatic heterocycles. The Balaban J connectivity index is 2.00. The van der Waals surface area contributed by atoms with Crippen LogP contribution < -0.4 is 0 Å². The molecule has 0 spiro atoms. The van der Waals surface area contributed by atoms with Crippen LogP contribution in [0.5, 0.6) is 0 Å². The molecule has 2 rings (SSSR count). The van der Waals surface area contributed by atoms with Crippen LogP contribution in [0.3, 0.4) is 0 Å². The molecule has 19 heavy (non-hydrogen) atoms. The van der Waals surface area contributed by atoms with Gasteiger partial charge in [0.05, 0.1) is 6.10 Å². The minimum Gasteiger partial charge on any atom is -0.353 e. The lowest BCUT2D eigenvalue weighted by Gasteiger charge is -2.42. The SMILES string of the molecule is C=C[C@H]1O[C@](CCc2ccccc2)(OC)CC[C@@H]1C. The summed E-state index contributed by atoms with van der Waals surface area (Å²) in [5.41, 5.74) is 1.33. The lowest BCUT2D eigenvalue weighted by Crippen LogP contribution is -2.45. The van der Waals surface area contributed by atoms with Crippen LogP contribution in [-0.4, -0.2) is 19.0 Å². The van der Waals surface area contributed by atoms with Gasteiger partial charge in [-0.05, 0) is 24.3 Å². The minimum absolute atomic E-state index is 0.101. The standard InChI is InChI=1S/C17H24O2/c1-4-16-14(2)10-12-17(18-3,19-16)13-11-15-8-6-5-7-9-15/h4-9,14,16H,1,10-13H2,2-3H3/t14-,16+,17+/m0/s1. The molecular weight excluding hydrogens is 236 g/mol. The molecule has 3 atom stereocenters. The van der Waals surface area contributed by atoms with Gasteiger partial charge in [-0.3, -0.25) is 0 Å². The van der Waals surface area contributed by atoms with Gasteiger partial charge < -0.3 is 9.47 Å². The van der Waals surface area contributed by atoms with Gasteiger partial charge in [-0.1, -0.05) is 43.3 Å². The Hall–Kier alpha value is -1.12. The lowest BCUT2D eigenvalue weighted by atomic mass is 9.89. The van der Waals surface area contributed by atoms with Gasteiger partial charge in [-0.25, -0.2) is 0 Å².